The van der Waals surface area contributed by atoms with E-state index in [1.165, 1.54) is 11.8 Å². The number of hydrogen-bond donors (Lipinski definition) is 1. The smallest absolute Gasteiger partial charge is 0.313 e. The van der Waals surface area contributed by atoms with Crippen molar-refractivity contribution >= 4 is 28.6 Å². The topological polar surface area (TPSA) is 59.4 Å². The monoisotopic (exact) mass is 339 g/mol. The van der Waals surface area contributed by atoms with Crippen molar-refractivity contribution in [3.8, 4) is 5.75 Å². The standard InChI is InChI=1S/C19H17NO3S/c21-19(22)13-24-12-15-3-1-5-17(9-15)23-11-14-6-7-16-4-2-8-20-18(16)10-14/h1-10H,11-13H2,(H,21,22). The Labute approximate surface area is 144 Å². The van der Waals surface area contributed by atoms with Crippen LogP contribution in [0.1, 0.15) is 11.1 Å². The van der Waals surface area contributed by atoms with Gasteiger partial charge in [-0.3, -0.25) is 9.78 Å². The van der Waals surface area contributed by atoms with E-state index in [2.05, 4.69) is 4.98 Å². The molecule has 0 radical (unpaired) electrons. The average Bonchev–Trinajstić information content (AvgIpc) is 2.60. The van der Waals surface area contributed by atoms with Crippen molar-refractivity contribution in [2.75, 3.05) is 5.75 Å². The van der Waals surface area contributed by atoms with Crippen molar-refractivity contribution < 1.29 is 14.6 Å². The van der Waals surface area contributed by atoms with Gasteiger partial charge in [0.15, 0.2) is 0 Å². The Hall–Kier alpha value is -2.53. The third-order valence-corrected chi connectivity index (χ3v) is 4.46. The number of nitrogens with zero attached hydrogens (tertiary/aromatic N) is 1. The molecule has 2 aromatic carbocycles. The maximum Gasteiger partial charge on any atom is 0.313 e. The fourth-order valence-electron chi connectivity index (χ4n) is 2.35. The summed E-state index contributed by atoms with van der Waals surface area (Å²) in [6.07, 6.45) is 1.78. The lowest BCUT2D eigenvalue weighted by Crippen LogP contribution is -1.99. The third kappa shape index (κ3) is 4.49. The van der Waals surface area contributed by atoms with Crippen LogP contribution < -0.4 is 4.74 Å². The van der Waals surface area contributed by atoms with E-state index in [4.69, 9.17) is 9.84 Å². The number of benzene rings is 2. The lowest BCUT2D eigenvalue weighted by Gasteiger charge is -2.09. The molecule has 0 unspecified atom stereocenters. The summed E-state index contributed by atoms with van der Waals surface area (Å²) in [7, 11) is 0. The molecule has 122 valence electrons. The Morgan fingerprint density at radius 2 is 2.00 bits per heavy atom. The van der Waals surface area contributed by atoms with E-state index in [1.54, 1.807) is 6.20 Å². The van der Waals surface area contributed by atoms with Crippen LogP contribution in [0.5, 0.6) is 5.75 Å². The van der Waals surface area contributed by atoms with Crippen molar-refractivity contribution in [1.29, 1.82) is 0 Å². The number of carbonyl (C=O) groups is 1. The zero-order chi connectivity index (χ0) is 16.8. The Kier molecular flexibility index (Phi) is 5.33. The molecule has 24 heavy (non-hydrogen) atoms. The molecular weight excluding hydrogens is 322 g/mol. The number of ether oxygens (including phenoxy) is 1. The Morgan fingerprint density at radius 1 is 1.08 bits per heavy atom. The maximum absolute atomic E-state index is 10.6. The summed E-state index contributed by atoms with van der Waals surface area (Å²) >= 11 is 1.38. The molecule has 0 atom stereocenters. The molecule has 3 aromatic rings. The Balaban J connectivity index is 1.61. The van der Waals surface area contributed by atoms with Gasteiger partial charge in [-0.15, -0.1) is 11.8 Å². The minimum Gasteiger partial charge on any atom is -0.489 e. The number of rotatable bonds is 7. The lowest BCUT2D eigenvalue weighted by molar-refractivity contribution is -0.133. The largest absolute Gasteiger partial charge is 0.489 e. The fourth-order valence-corrected chi connectivity index (χ4v) is 3.04. The van der Waals surface area contributed by atoms with Crippen LogP contribution in [0.3, 0.4) is 0 Å². The van der Waals surface area contributed by atoms with E-state index in [0.717, 1.165) is 27.8 Å². The molecule has 1 aromatic heterocycles. The second kappa shape index (κ2) is 7.84. The minimum atomic E-state index is -0.794. The fraction of sp³-hybridized carbons (Fsp3) is 0.158. The molecule has 1 N–H and O–H groups in total. The molecule has 1 heterocycles. The van der Waals surface area contributed by atoms with Crippen LogP contribution in [0.25, 0.3) is 10.9 Å². The molecule has 0 bridgehead atoms. The molecule has 5 heteroatoms. The first-order valence-corrected chi connectivity index (χ1v) is 8.71. The van der Waals surface area contributed by atoms with E-state index in [0.29, 0.717) is 12.4 Å². The van der Waals surface area contributed by atoms with E-state index in [9.17, 15) is 4.79 Å². The van der Waals surface area contributed by atoms with Gasteiger partial charge >= 0.3 is 5.97 Å². The number of aromatic nitrogens is 1. The van der Waals surface area contributed by atoms with Gasteiger partial charge < -0.3 is 9.84 Å². The predicted molar refractivity (Wildman–Crippen MR) is 96.3 cm³/mol. The molecular formula is C19H17NO3S. The zero-order valence-corrected chi connectivity index (χ0v) is 13.8. The number of fused-ring (bicyclic) bond motifs is 1. The Morgan fingerprint density at radius 3 is 2.88 bits per heavy atom. The van der Waals surface area contributed by atoms with Gasteiger partial charge in [0, 0.05) is 17.3 Å². The normalized spacial score (nSPS) is 10.7. The molecule has 0 saturated carbocycles. The van der Waals surface area contributed by atoms with Gasteiger partial charge in [0.2, 0.25) is 0 Å². The third-order valence-electron chi connectivity index (χ3n) is 3.47. The van der Waals surface area contributed by atoms with E-state index >= 15 is 0 Å². The first kappa shape index (κ1) is 16.3. The molecule has 0 aliphatic carbocycles. The molecule has 4 nitrogen and oxygen atoms in total. The lowest BCUT2D eigenvalue weighted by atomic mass is 10.1. The summed E-state index contributed by atoms with van der Waals surface area (Å²) in [5, 5.41) is 9.79. The van der Waals surface area contributed by atoms with Crippen LogP contribution in [0, 0.1) is 0 Å². The first-order chi connectivity index (χ1) is 11.7. The highest BCUT2D eigenvalue weighted by Crippen LogP contribution is 2.20. The summed E-state index contributed by atoms with van der Waals surface area (Å²) in [6, 6.07) is 17.8. The molecule has 0 aliphatic rings. The van der Waals surface area contributed by atoms with Crippen LogP contribution in [0.4, 0.5) is 0 Å². The second-order valence-corrected chi connectivity index (χ2v) is 6.34. The van der Waals surface area contributed by atoms with Gasteiger partial charge in [-0.05, 0) is 35.4 Å². The number of aliphatic carboxylic acids is 1. The minimum absolute atomic E-state index is 0.106. The zero-order valence-electron chi connectivity index (χ0n) is 13.0. The van der Waals surface area contributed by atoms with Gasteiger partial charge in [-0.2, -0.15) is 0 Å². The molecule has 0 amide bonds. The van der Waals surface area contributed by atoms with Crippen molar-refractivity contribution in [3.63, 3.8) is 0 Å². The van der Waals surface area contributed by atoms with Crippen LogP contribution in [-0.2, 0) is 17.2 Å². The van der Waals surface area contributed by atoms with E-state index < -0.39 is 5.97 Å². The molecule has 0 aliphatic heterocycles. The van der Waals surface area contributed by atoms with E-state index in [1.807, 2.05) is 54.6 Å². The molecule has 0 spiro atoms. The van der Waals surface area contributed by atoms with Gasteiger partial charge in [0.05, 0.1) is 11.3 Å². The summed E-state index contributed by atoms with van der Waals surface area (Å²) in [4.78, 5) is 14.9. The predicted octanol–water partition coefficient (Wildman–Crippen LogP) is 4.13. The second-order valence-electron chi connectivity index (χ2n) is 5.35. The van der Waals surface area contributed by atoms with Crippen LogP contribution >= 0.6 is 11.8 Å². The van der Waals surface area contributed by atoms with Crippen LogP contribution in [0.2, 0.25) is 0 Å². The van der Waals surface area contributed by atoms with Crippen molar-refractivity contribution in [2.45, 2.75) is 12.4 Å². The van der Waals surface area contributed by atoms with Crippen LogP contribution in [0.15, 0.2) is 60.8 Å². The highest BCUT2D eigenvalue weighted by molar-refractivity contribution is 7.99. The number of hydrogen-bond acceptors (Lipinski definition) is 4. The number of thioether (sulfide) groups is 1. The summed E-state index contributed by atoms with van der Waals surface area (Å²) in [6.45, 7) is 0.470. The Bertz CT molecular complexity index is 851. The first-order valence-electron chi connectivity index (χ1n) is 7.56. The maximum atomic E-state index is 10.6. The van der Waals surface area contributed by atoms with Crippen molar-refractivity contribution in [2.24, 2.45) is 0 Å². The highest BCUT2D eigenvalue weighted by Gasteiger charge is 2.02. The van der Waals surface area contributed by atoms with Crippen LogP contribution in [-0.4, -0.2) is 21.8 Å². The number of carboxylic acid groups (broad SMARTS) is 1. The number of pyridine rings is 1. The van der Waals surface area contributed by atoms with E-state index in [-0.39, 0.29) is 5.75 Å². The average molecular weight is 339 g/mol. The molecule has 0 saturated heterocycles. The van der Waals surface area contributed by atoms with Gasteiger partial charge in [-0.25, -0.2) is 0 Å². The molecule has 3 rings (SSSR count). The number of carboxylic acids is 1. The quantitative estimate of drug-likeness (QED) is 0.701. The summed E-state index contributed by atoms with van der Waals surface area (Å²) in [5.74, 6) is 0.750. The SMILES string of the molecule is O=C(O)CSCc1cccc(OCc2ccc3cccnc3c2)c1. The van der Waals surface area contributed by atoms with Gasteiger partial charge in [0.25, 0.3) is 0 Å². The van der Waals surface area contributed by atoms with Gasteiger partial charge in [-0.1, -0.05) is 30.3 Å². The summed E-state index contributed by atoms with van der Waals surface area (Å²) in [5.41, 5.74) is 3.07. The van der Waals surface area contributed by atoms with Crippen molar-refractivity contribution in [1.82, 2.24) is 4.98 Å². The van der Waals surface area contributed by atoms with Gasteiger partial charge in [0.1, 0.15) is 12.4 Å². The summed E-state index contributed by atoms with van der Waals surface area (Å²) < 4.78 is 5.86. The van der Waals surface area contributed by atoms with Crippen molar-refractivity contribution in [3.05, 3.63) is 71.9 Å². The molecule has 0 fully saturated rings. The highest BCUT2D eigenvalue weighted by atomic mass is 32.2.